The number of rotatable bonds is 5. The van der Waals surface area contributed by atoms with E-state index in [2.05, 4.69) is 26.2 Å². The number of hydrogen-bond donors (Lipinski definition) is 1. The number of aromatic nitrogens is 1. The van der Waals surface area contributed by atoms with Gasteiger partial charge in [0.1, 0.15) is 11.6 Å². The van der Waals surface area contributed by atoms with E-state index in [0.717, 1.165) is 5.56 Å². The van der Waals surface area contributed by atoms with E-state index in [1.54, 1.807) is 12.3 Å². The summed E-state index contributed by atoms with van der Waals surface area (Å²) < 4.78 is 19.7. The molecule has 0 bridgehead atoms. The fourth-order valence-corrected chi connectivity index (χ4v) is 2.18. The van der Waals surface area contributed by atoms with Crippen LogP contribution >= 0.6 is 15.9 Å². The number of hydrogen-bond acceptors (Lipinski definition) is 3. The van der Waals surface area contributed by atoms with Crippen molar-refractivity contribution in [1.29, 1.82) is 0 Å². The first-order valence-corrected chi connectivity index (χ1v) is 7.32. The zero-order valence-corrected chi connectivity index (χ0v) is 12.4. The molecular formula is C15H14BrFN2O. The van der Waals surface area contributed by atoms with E-state index < -0.39 is 0 Å². The second kappa shape index (κ2) is 5.89. The minimum absolute atomic E-state index is 0.336. The number of nitrogens with zero attached hydrogens (tertiary/aromatic N) is 1. The highest BCUT2D eigenvalue weighted by Gasteiger charge is 2.21. The Labute approximate surface area is 125 Å². The highest BCUT2D eigenvalue weighted by molar-refractivity contribution is 9.10. The molecule has 1 aromatic carbocycles. The van der Waals surface area contributed by atoms with Crippen LogP contribution in [0.3, 0.4) is 0 Å². The van der Waals surface area contributed by atoms with Crippen LogP contribution in [0.25, 0.3) is 0 Å². The SMILES string of the molecule is Fc1ccc(Br)c(Oc2ncccc2CNC2CC2)c1. The summed E-state index contributed by atoms with van der Waals surface area (Å²) in [7, 11) is 0. The number of benzene rings is 1. The first-order chi connectivity index (χ1) is 9.72. The third-order valence-electron chi connectivity index (χ3n) is 3.11. The standard InChI is InChI=1S/C15H14BrFN2O/c16-13-6-3-11(17)8-14(13)20-15-10(2-1-7-18-15)9-19-12-4-5-12/h1-3,6-8,12,19H,4-5,9H2. The van der Waals surface area contributed by atoms with Crippen molar-refractivity contribution in [1.82, 2.24) is 10.3 Å². The lowest BCUT2D eigenvalue weighted by atomic mass is 10.2. The van der Waals surface area contributed by atoms with Crippen LogP contribution in [-0.4, -0.2) is 11.0 Å². The summed E-state index contributed by atoms with van der Waals surface area (Å²) in [4.78, 5) is 4.24. The van der Waals surface area contributed by atoms with E-state index in [0.29, 0.717) is 28.7 Å². The maximum atomic E-state index is 13.3. The molecule has 5 heteroatoms. The van der Waals surface area contributed by atoms with Crippen LogP contribution in [0.4, 0.5) is 4.39 Å². The minimum atomic E-state index is -0.336. The molecular weight excluding hydrogens is 323 g/mol. The van der Waals surface area contributed by atoms with Crippen LogP contribution in [-0.2, 0) is 6.54 Å². The van der Waals surface area contributed by atoms with E-state index >= 15 is 0 Å². The molecule has 0 amide bonds. The van der Waals surface area contributed by atoms with E-state index in [9.17, 15) is 4.39 Å². The van der Waals surface area contributed by atoms with Gasteiger partial charge in [-0.3, -0.25) is 0 Å². The van der Waals surface area contributed by atoms with Crippen molar-refractivity contribution in [2.45, 2.75) is 25.4 Å². The van der Waals surface area contributed by atoms with Gasteiger partial charge in [0.05, 0.1) is 4.47 Å². The number of halogens is 2. The second-order valence-corrected chi connectivity index (χ2v) is 5.65. The molecule has 1 N–H and O–H groups in total. The predicted molar refractivity (Wildman–Crippen MR) is 78.3 cm³/mol. The van der Waals surface area contributed by atoms with Gasteiger partial charge in [0.25, 0.3) is 0 Å². The molecule has 0 atom stereocenters. The molecule has 3 nitrogen and oxygen atoms in total. The molecule has 3 rings (SSSR count). The summed E-state index contributed by atoms with van der Waals surface area (Å²) in [6.45, 7) is 0.709. The predicted octanol–water partition coefficient (Wildman–Crippen LogP) is 4.03. The minimum Gasteiger partial charge on any atom is -0.437 e. The van der Waals surface area contributed by atoms with Crippen molar-refractivity contribution in [3.05, 3.63) is 52.4 Å². The molecule has 20 heavy (non-hydrogen) atoms. The Morgan fingerprint density at radius 3 is 3.00 bits per heavy atom. The van der Waals surface area contributed by atoms with Gasteiger partial charge >= 0.3 is 0 Å². The normalized spacial score (nSPS) is 14.3. The maximum Gasteiger partial charge on any atom is 0.223 e. The fraction of sp³-hybridized carbons (Fsp3) is 0.267. The van der Waals surface area contributed by atoms with Crippen molar-refractivity contribution in [3.8, 4) is 11.6 Å². The van der Waals surface area contributed by atoms with Crippen molar-refractivity contribution in [3.63, 3.8) is 0 Å². The Balaban J connectivity index is 1.80. The topological polar surface area (TPSA) is 34.1 Å². The van der Waals surface area contributed by atoms with Gasteiger partial charge in [-0.15, -0.1) is 0 Å². The highest BCUT2D eigenvalue weighted by Crippen LogP contribution is 2.31. The first-order valence-electron chi connectivity index (χ1n) is 6.52. The molecule has 1 aliphatic rings. The van der Waals surface area contributed by atoms with Gasteiger partial charge < -0.3 is 10.1 Å². The Hall–Kier alpha value is -1.46. The lowest BCUT2D eigenvalue weighted by Gasteiger charge is -2.11. The third-order valence-corrected chi connectivity index (χ3v) is 3.76. The number of nitrogens with one attached hydrogen (secondary N) is 1. The molecule has 0 saturated heterocycles. The molecule has 0 unspecified atom stereocenters. The summed E-state index contributed by atoms with van der Waals surface area (Å²) in [6, 6.07) is 8.80. The van der Waals surface area contributed by atoms with E-state index in [1.165, 1.54) is 25.0 Å². The van der Waals surface area contributed by atoms with Crippen molar-refractivity contribution >= 4 is 15.9 Å². The Morgan fingerprint density at radius 2 is 2.20 bits per heavy atom. The third kappa shape index (κ3) is 3.35. The highest BCUT2D eigenvalue weighted by atomic mass is 79.9. The molecule has 0 aliphatic heterocycles. The van der Waals surface area contributed by atoms with Crippen LogP contribution < -0.4 is 10.1 Å². The molecule has 1 heterocycles. The Bertz CT molecular complexity index is 617. The largest absolute Gasteiger partial charge is 0.437 e. The van der Waals surface area contributed by atoms with Crippen LogP contribution in [0, 0.1) is 5.82 Å². The summed E-state index contributed by atoms with van der Waals surface area (Å²) in [5.41, 5.74) is 0.968. The van der Waals surface area contributed by atoms with Crippen LogP contribution in [0.15, 0.2) is 41.0 Å². The molecule has 1 saturated carbocycles. The molecule has 1 aliphatic carbocycles. The summed E-state index contributed by atoms with van der Waals surface area (Å²) >= 11 is 3.35. The van der Waals surface area contributed by atoms with Gasteiger partial charge in [-0.05, 0) is 47.0 Å². The van der Waals surface area contributed by atoms with Gasteiger partial charge in [0.15, 0.2) is 0 Å². The number of pyridine rings is 1. The van der Waals surface area contributed by atoms with Gasteiger partial charge in [-0.1, -0.05) is 6.07 Å². The average Bonchev–Trinajstić information content (AvgIpc) is 3.26. The second-order valence-electron chi connectivity index (χ2n) is 4.80. The molecule has 104 valence electrons. The quantitative estimate of drug-likeness (QED) is 0.895. The van der Waals surface area contributed by atoms with E-state index in [4.69, 9.17) is 4.74 Å². The lowest BCUT2D eigenvalue weighted by Crippen LogP contribution is -2.16. The molecule has 2 aromatic rings. The zero-order chi connectivity index (χ0) is 13.9. The summed E-state index contributed by atoms with van der Waals surface area (Å²) in [6.07, 6.45) is 4.13. The van der Waals surface area contributed by atoms with Crippen LogP contribution in [0.2, 0.25) is 0 Å². The van der Waals surface area contributed by atoms with Gasteiger partial charge in [-0.25, -0.2) is 9.37 Å². The lowest BCUT2D eigenvalue weighted by molar-refractivity contribution is 0.445. The smallest absolute Gasteiger partial charge is 0.223 e. The zero-order valence-electron chi connectivity index (χ0n) is 10.8. The summed E-state index contributed by atoms with van der Waals surface area (Å²) in [5, 5.41) is 3.42. The Kier molecular flexibility index (Phi) is 3.98. The molecule has 1 fully saturated rings. The number of ether oxygens (including phenoxy) is 1. The molecule has 1 aromatic heterocycles. The average molecular weight is 337 g/mol. The van der Waals surface area contributed by atoms with Crippen LogP contribution in [0.5, 0.6) is 11.6 Å². The molecule has 0 spiro atoms. The van der Waals surface area contributed by atoms with Crippen molar-refractivity contribution in [2.75, 3.05) is 0 Å². The van der Waals surface area contributed by atoms with Gasteiger partial charge in [0, 0.05) is 30.4 Å². The van der Waals surface area contributed by atoms with Crippen molar-refractivity contribution < 1.29 is 9.13 Å². The van der Waals surface area contributed by atoms with Gasteiger partial charge in [0.2, 0.25) is 5.88 Å². The summed E-state index contributed by atoms with van der Waals surface area (Å²) in [5.74, 6) is 0.597. The van der Waals surface area contributed by atoms with Gasteiger partial charge in [-0.2, -0.15) is 0 Å². The fourth-order valence-electron chi connectivity index (χ4n) is 1.85. The van der Waals surface area contributed by atoms with E-state index in [1.807, 2.05) is 12.1 Å². The van der Waals surface area contributed by atoms with E-state index in [-0.39, 0.29) is 5.82 Å². The monoisotopic (exact) mass is 336 g/mol. The maximum absolute atomic E-state index is 13.3. The Morgan fingerprint density at radius 1 is 1.35 bits per heavy atom. The van der Waals surface area contributed by atoms with Crippen LogP contribution in [0.1, 0.15) is 18.4 Å². The van der Waals surface area contributed by atoms with Crippen molar-refractivity contribution in [2.24, 2.45) is 0 Å². The first kappa shape index (κ1) is 13.5. The molecule has 0 radical (unpaired) electrons.